The molecule has 0 atom stereocenters. The molecule has 10 heteroatoms. The average molecular weight is 449 g/mol. The number of ether oxygens (including phenoxy) is 1. The number of hydrogen-bond acceptors (Lipinski definition) is 6. The normalized spacial score (nSPS) is 10.7. The van der Waals surface area contributed by atoms with E-state index in [2.05, 4.69) is 9.97 Å². The van der Waals surface area contributed by atoms with Crippen molar-refractivity contribution in [2.45, 2.75) is 40.2 Å². The first-order valence-corrected chi connectivity index (χ1v) is 9.08. The van der Waals surface area contributed by atoms with Crippen molar-refractivity contribution in [3.05, 3.63) is 49.8 Å². The lowest BCUT2D eigenvalue weighted by molar-refractivity contribution is 0.00683. The van der Waals surface area contributed by atoms with Crippen molar-refractivity contribution in [1.82, 2.24) is 9.97 Å². The molecule has 0 saturated carbocycles. The summed E-state index contributed by atoms with van der Waals surface area (Å²) in [5, 5.41) is 8.93. The molecule has 28 heavy (non-hydrogen) atoms. The van der Waals surface area contributed by atoms with Crippen LogP contribution in [0.1, 0.15) is 52.6 Å². The van der Waals surface area contributed by atoms with Crippen LogP contribution in [0.4, 0.5) is 5.82 Å². The quantitative estimate of drug-likeness (QED) is 0.492. The number of anilines is 1. The van der Waals surface area contributed by atoms with E-state index in [4.69, 9.17) is 50.4 Å². The first-order valence-electron chi connectivity index (χ1n) is 7.94. The van der Waals surface area contributed by atoms with Gasteiger partial charge >= 0.3 is 11.9 Å². The monoisotopic (exact) mass is 447 g/mol. The van der Waals surface area contributed by atoms with Gasteiger partial charge in [0.15, 0.2) is 0 Å². The van der Waals surface area contributed by atoms with E-state index in [0.717, 1.165) is 0 Å². The number of hydrogen-bond donors (Lipinski definition) is 2. The summed E-state index contributed by atoms with van der Waals surface area (Å²) in [7, 11) is 0. The molecule has 152 valence electrons. The first kappa shape index (κ1) is 23.9. The number of aromatic carboxylic acids is 1. The molecule has 0 radical (unpaired) electrons. The second kappa shape index (κ2) is 9.41. The Kier molecular flexibility index (Phi) is 8.05. The van der Waals surface area contributed by atoms with Crippen molar-refractivity contribution in [3.8, 4) is 0 Å². The Morgan fingerprint density at radius 2 is 1.50 bits per heavy atom. The third-order valence-corrected chi connectivity index (χ3v) is 3.89. The van der Waals surface area contributed by atoms with Crippen molar-refractivity contribution in [1.29, 1.82) is 0 Å². The molecule has 0 fully saturated rings. The highest BCUT2D eigenvalue weighted by Gasteiger charge is 2.22. The Hall–Kier alpha value is -2.09. The number of aryl methyl sites for hydroxylation is 2. The third kappa shape index (κ3) is 6.82. The van der Waals surface area contributed by atoms with Crippen LogP contribution in [0.3, 0.4) is 0 Å². The van der Waals surface area contributed by atoms with Gasteiger partial charge in [0, 0.05) is 0 Å². The van der Waals surface area contributed by atoms with Gasteiger partial charge in [-0.05, 0) is 57.9 Å². The number of nitrogen functional groups attached to an aromatic ring is 1. The smallest absolute Gasteiger partial charge is 0.342 e. The zero-order valence-corrected chi connectivity index (χ0v) is 18.2. The maximum atomic E-state index is 11.8. The molecule has 0 bridgehead atoms. The molecule has 3 N–H and O–H groups in total. The van der Waals surface area contributed by atoms with Gasteiger partial charge in [0.1, 0.15) is 26.9 Å². The van der Waals surface area contributed by atoms with Crippen molar-refractivity contribution < 1.29 is 19.4 Å². The number of nitrogens with two attached hydrogens (primary N) is 1. The van der Waals surface area contributed by atoms with Crippen molar-refractivity contribution in [2.24, 2.45) is 0 Å². The summed E-state index contributed by atoms with van der Waals surface area (Å²) in [6, 6.07) is 3.04. The summed E-state index contributed by atoms with van der Waals surface area (Å²) in [6.45, 7) is 8.72. The van der Waals surface area contributed by atoms with Gasteiger partial charge in [-0.25, -0.2) is 19.6 Å². The van der Waals surface area contributed by atoms with Crippen LogP contribution in [0.2, 0.25) is 15.5 Å². The number of pyridine rings is 2. The maximum absolute atomic E-state index is 11.8. The maximum Gasteiger partial charge on any atom is 0.342 e. The highest BCUT2D eigenvalue weighted by molar-refractivity contribution is 6.34. The Labute approximate surface area is 177 Å². The molecule has 0 aliphatic rings. The van der Waals surface area contributed by atoms with Crippen molar-refractivity contribution >= 4 is 52.6 Å². The summed E-state index contributed by atoms with van der Waals surface area (Å²) >= 11 is 17.1. The fourth-order valence-corrected chi connectivity index (χ4v) is 3.02. The van der Waals surface area contributed by atoms with Crippen LogP contribution in [0.25, 0.3) is 0 Å². The molecule has 0 saturated heterocycles. The molecule has 2 heterocycles. The summed E-state index contributed by atoms with van der Waals surface area (Å²) in [6.07, 6.45) is 0. The van der Waals surface area contributed by atoms with Crippen LogP contribution in [0, 0.1) is 13.8 Å². The van der Waals surface area contributed by atoms with E-state index in [9.17, 15) is 9.59 Å². The molecular weight excluding hydrogens is 429 g/mol. The van der Waals surface area contributed by atoms with Crippen molar-refractivity contribution in [3.63, 3.8) is 0 Å². The standard InChI is InChI=1S/C11H13Cl2NO2.C7H7ClN2O2/c1-6-5-7(12)14-9(13)8(6)10(15)16-11(2,3)4;1-3-2-4(9)10-6(8)5(3)7(11)12/h5H,1-4H3;2H,1H3,(H2,9,10)(H,11,12). The van der Waals surface area contributed by atoms with E-state index in [-0.39, 0.29) is 32.4 Å². The van der Waals surface area contributed by atoms with Gasteiger partial charge in [0.25, 0.3) is 0 Å². The predicted octanol–water partition coefficient (Wildman–Crippen LogP) is 4.98. The van der Waals surface area contributed by atoms with Gasteiger partial charge in [0.2, 0.25) is 0 Å². The fourth-order valence-electron chi connectivity index (χ4n) is 2.08. The van der Waals surface area contributed by atoms with Crippen LogP contribution in [0.5, 0.6) is 0 Å². The number of carboxylic acids is 1. The van der Waals surface area contributed by atoms with E-state index < -0.39 is 17.5 Å². The molecule has 0 unspecified atom stereocenters. The fraction of sp³-hybridized carbons (Fsp3) is 0.333. The number of halogens is 3. The minimum Gasteiger partial charge on any atom is -0.478 e. The molecule has 0 aliphatic heterocycles. The van der Waals surface area contributed by atoms with E-state index >= 15 is 0 Å². The van der Waals surface area contributed by atoms with Gasteiger partial charge in [-0.15, -0.1) is 0 Å². The number of carbonyl (C=O) groups excluding carboxylic acids is 1. The highest BCUT2D eigenvalue weighted by Crippen LogP contribution is 2.24. The Morgan fingerprint density at radius 1 is 1.00 bits per heavy atom. The Balaban J connectivity index is 0.000000292. The second-order valence-corrected chi connectivity index (χ2v) is 7.87. The lowest BCUT2D eigenvalue weighted by atomic mass is 10.1. The lowest BCUT2D eigenvalue weighted by Crippen LogP contribution is -2.24. The van der Waals surface area contributed by atoms with E-state index in [1.54, 1.807) is 40.7 Å². The minimum atomic E-state index is -1.09. The van der Waals surface area contributed by atoms with Crippen molar-refractivity contribution in [2.75, 3.05) is 5.73 Å². The molecule has 7 nitrogen and oxygen atoms in total. The molecular formula is C18H20Cl3N3O4. The van der Waals surface area contributed by atoms with Crippen LogP contribution in [-0.2, 0) is 4.74 Å². The Morgan fingerprint density at radius 3 is 1.93 bits per heavy atom. The number of esters is 1. The van der Waals surface area contributed by atoms with E-state index in [1.807, 2.05) is 0 Å². The van der Waals surface area contributed by atoms with E-state index in [0.29, 0.717) is 11.1 Å². The van der Waals surface area contributed by atoms with Gasteiger partial charge in [-0.2, -0.15) is 0 Å². The van der Waals surface area contributed by atoms with Crippen LogP contribution in [-0.4, -0.2) is 32.6 Å². The largest absolute Gasteiger partial charge is 0.478 e. The summed E-state index contributed by atoms with van der Waals surface area (Å²) < 4.78 is 5.22. The first-order chi connectivity index (χ1) is 12.7. The molecule has 0 aromatic carbocycles. The summed E-state index contributed by atoms with van der Waals surface area (Å²) in [5.41, 5.74) is 6.21. The molecule has 0 amide bonds. The number of carboxylic acid groups (broad SMARTS) is 1. The molecule has 0 spiro atoms. The minimum absolute atomic E-state index is 0.00543. The number of nitrogens with zero attached hydrogens (tertiary/aromatic N) is 2. The third-order valence-electron chi connectivity index (χ3n) is 3.15. The Bertz CT molecular complexity index is 865. The molecule has 2 aromatic rings. The molecule has 2 rings (SSSR count). The van der Waals surface area contributed by atoms with Crippen LogP contribution in [0.15, 0.2) is 12.1 Å². The average Bonchev–Trinajstić information content (AvgIpc) is 2.42. The number of carbonyl (C=O) groups is 2. The zero-order valence-electron chi connectivity index (χ0n) is 15.9. The number of rotatable bonds is 2. The molecule has 0 aliphatic carbocycles. The highest BCUT2D eigenvalue weighted by atomic mass is 35.5. The summed E-state index contributed by atoms with van der Waals surface area (Å²) in [5.74, 6) is -1.35. The number of aromatic nitrogens is 2. The second-order valence-electron chi connectivity index (χ2n) is 6.76. The van der Waals surface area contributed by atoms with Gasteiger partial charge in [-0.1, -0.05) is 34.8 Å². The van der Waals surface area contributed by atoms with Gasteiger partial charge in [0.05, 0.1) is 11.1 Å². The van der Waals surface area contributed by atoms with Crippen LogP contribution >= 0.6 is 34.8 Å². The lowest BCUT2D eigenvalue weighted by Gasteiger charge is -2.20. The van der Waals surface area contributed by atoms with E-state index in [1.165, 1.54) is 6.07 Å². The predicted molar refractivity (Wildman–Crippen MR) is 110 cm³/mol. The SMILES string of the molecule is Cc1cc(Cl)nc(Cl)c1C(=O)OC(C)(C)C.Cc1cc(N)nc(Cl)c1C(=O)O. The van der Waals surface area contributed by atoms with Gasteiger partial charge < -0.3 is 15.6 Å². The van der Waals surface area contributed by atoms with Crippen LogP contribution < -0.4 is 5.73 Å². The summed E-state index contributed by atoms with van der Waals surface area (Å²) in [4.78, 5) is 29.8. The van der Waals surface area contributed by atoms with Gasteiger partial charge in [-0.3, -0.25) is 0 Å². The zero-order chi connectivity index (χ0) is 21.8. The molecule has 2 aromatic heterocycles. The topological polar surface area (TPSA) is 115 Å².